The predicted molar refractivity (Wildman–Crippen MR) is 123 cm³/mol. The van der Waals surface area contributed by atoms with Crippen molar-refractivity contribution in [3.05, 3.63) is 29.8 Å². The molecule has 1 rings (SSSR count). The summed E-state index contributed by atoms with van der Waals surface area (Å²) in [5.41, 5.74) is 1.14. The van der Waals surface area contributed by atoms with Gasteiger partial charge in [-0.3, -0.25) is 0 Å². The predicted octanol–water partition coefficient (Wildman–Crippen LogP) is 3.67. The fourth-order valence-electron chi connectivity index (χ4n) is 3.08. The van der Waals surface area contributed by atoms with Crippen molar-refractivity contribution in [1.82, 2.24) is 15.5 Å². The Hall–Kier alpha value is -1.79. The van der Waals surface area contributed by atoms with Crippen LogP contribution in [0.3, 0.4) is 0 Å². The minimum atomic E-state index is 0.388. The second-order valence-corrected chi connectivity index (χ2v) is 7.25. The number of rotatable bonds is 15. The number of benzene rings is 1. The standard InChI is InChI=1S/C23H42N4O2/c1-6-24-23(26-20(4)12-10-15-27(7-2)8-3)25-19-21-13-9-14-22(18-21)29-17-11-16-28-5/h9,13-14,18,20H,6-8,10-12,15-17,19H2,1-5H3,(H2,24,25,26). The number of nitrogens with one attached hydrogen (secondary N) is 2. The Balaban J connectivity index is 2.51. The molecular weight excluding hydrogens is 364 g/mol. The van der Waals surface area contributed by atoms with Gasteiger partial charge in [0.1, 0.15) is 5.75 Å². The molecule has 2 N–H and O–H groups in total. The molecular formula is C23H42N4O2. The van der Waals surface area contributed by atoms with Gasteiger partial charge in [0.15, 0.2) is 5.96 Å². The number of hydrogen-bond donors (Lipinski definition) is 2. The third-order valence-electron chi connectivity index (χ3n) is 4.81. The Kier molecular flexibility index (Phi) is 14.0. The van der Waals surface area contributed by atoms with E-state index in [-0.39, 0.29) is 0 Å². The van der Waals surface area contributed by atoms with E-state index in [2.05, 4.69) is 55.4 Å². The van der Waals surface area contributed by atoms with E-state index in [1.807, 2.05) is 12.1 Å². The van der Waals surface area contributed by atoms with Crippen molar-refractivity contribution in [1.29, 1.82) is 0 Å². The zero-order chi connectivity index (χ0) is 21.3. The molecule has 1 unspecified atom stereocenters. The van der Waals surface area contributed by atoms with Gasteiger partial charge in [0.2, 0.25) is 0 Å². The molecule has 166 valence electrons. The zero-order valence-electron chi connectivity index (χ0n) is 19.2. The highest BCUT2D eigenvalue weighted by atomic mass is 16.5. The minimum Gasteiger partial charge on any atom is -0.493 e. The number of ether oxygens (including phenoxy) is 2. The van der Waals surface area contributed by atoms with Crippen LogP contribution in [0.25, 0.3) is 0 Å². The number of methoxy groups -OCH3 is 1. The lowest BCUT2D eigenvalue weighted by molar-refractivity contribution is 0.172. The first kappa shape index (κ1) is 25.2. The summed E-state index contributed by atoms with van der Waals surface area (Å²) < 4.78 is 10.8. The van der Waals surface area contributed by atoms with Crippen molar-refractivity contribution < 1.29 is 9.47 Å². The molecule has 0 radical (unpaired) electrons. The highest BCUT2D eigenvalue weighted by Gasteiger charge is 2.07. The van der Waals surface area contributed by atoms with Crippen LogP contribution >= 0.6 is 0 Å². The van der Waals surface area contributed by atoms with E-state index in [0.29, 0.717) is 19.2 Å². The Morgan fingerprint density at radius 2 is 1.93 bits per heavy atom. The lowest BCUT2D eigenvalue weighted by Gasteiger charge is -2.21. The lowest BCUT2D eigenvalue weighted by atomic mass is 10.2. The summed E-state index contributed by atoms with van der Waals surface area (Å²) in [6, 6.07) is 8.54. The lowest BCUT2D eigenvalue weighted by Crippen LogP contribution is -2.42. The van der Waals surface area contributed by atoms with Crippen LogP contribution in [0, 0.1) is 0 Å². The number of aliphatic imine (C=N–C) groups is 1. The first-order valence-corrected chi connectivity index (χ1v) is 11.1. The van der Waals surface area contributed by atoms with E-state index in [0.717, 1.165) is 62.9 Å². The molecule has 0 saturated heterocycles. The van der Waals surface area contributed by atoms with Crippen LogP contribution in [0.5, 0.6) is 5.75 Å². The van der Waals surface area contributed by atoms with E-state index in [1.54, 1.807) is 7.11 Å². The summed E-state index contributed by atoms with van der Waals surface area (Å²) in [5.74, 6) is 1.76. The molecule has 0 bridgehead atoms. The van der Waals surface area contributed by atoms with E-state index < -0.39 is 0 Å². The van der Waals surface area contributed by atoms with Crippen LogP contribution in [0.15, 0.2) is 29.3 Å². The van der Waals surface area contributed by atoms with Gasteiger partial charge in [-0.25, -0.2) is 4.99 Å². The average molecular weight is 407 g/mol. The molecule has 0 spiro atoms. The monoisotopic (exact) mass is 406 g/mol. The first-order valence-electron chi connectivity index (χ1n) is 11.1. The minimum absolute atomic E-state index is 0.388. The van der Waals surface area contributed by atoms with Gasteiger partial charge in [-0.1, -0.05) is 26.0 Å². The molecule has 0 aliphatic heterocycles. The molecule has 0 fully saturated rings. The van der Waals surface area contributed by atoms with Crippen LogP contribution in [0.2, 0.25) is 0 Å². The molecule has 0 aliphatic rings. The molecule has 6 heteroatoms. The SMILES string of the molecule is CCNC(=NCc1cccc(OCCCOC)c1)NC(C)CCCN(CC)CC. The van der Waals surface area contributed by atoms with Crippen molar-refractivity contribution in [2.24, 2.45) is 4.99 Å². The first-order chi connectivity index (χ1) is 14.1. The highest BCUT2D eigenvalue weighted by molar-refractivity contribution is 5.80. The maximum atomic E-state index is 5.79. The molecule has 0 heterocycles. The molecule has 0 saturated carbocycles. The fourth-order valence-corrected chi connectivity index (χ4v) is 3.08. The number of hydrogen-bond acceptors (Lipinski definition) is 4. The van der Waals surface area contributed by atoms with Gasteiger partial charge in [-0.2, -0.15) is 0 Å². The van der Waals surface area contributed by atoms with Crippen molar-refractivity contribution >= 4 is 5.96 Å². The largest absolute Gasteiger partial charge is 0.493 e. The summed E-state index contributed by atoms with van der Waals surface area (Å²) in [5, 5.41) is 6.89. The summed E-state index contributed by atoms with van der Waals surface area (Å²) in [7, 11) is 1.71. The second-order valence-electron chi connectivity index (χ2n) is 7.25. The quantitative estimate of drug-likeness (QED) is 0.264. The number of nitrogens with zero attached hydrogens (tertiary/aromatic N) is 2. The normalized spacial score (nSPS) is 12.8. The van der Waals surface area contributed by atoms with Gasteiger partial charge in [-0.05, 0) is 64.0 Å². The van der Waals surface area contributed by atoms with E-state index in [1.165, 1.54) is 6.42 Å². The highest BCUT2D eigenvalue weighted by Crippen LogP contribution is 2.14. The van der Waals surface area contributed by atoms with Gasteiger partial charge < -0.3 is 25.0 Å². The summed E-state index contributed by atoms with van der Waals surface area (Å²) in [6.45, 7) is 15.0. The maximum absolute atomic E-state index is 5.79. The van der Waals surface area contributed by atoms with Crippen LogP contribution < -0.4 is 15.4 Å². The van der Waals surface area contributed by atoms with Crippen LogP contribution in [-0.2, 0) is 11.3 Å². The zero-order valence-corrected chi connectivity index (χ0v) is 19.2. The topological polar surface area (TPSA) is 58.1 Å². The molecule has 0 aromatic heterocycles. The third-order valence-corrected chi connectivity index (χ3v) is 4.81. The molecule has 1 atom stereocenters. The van der Waals surface area contributed by atoms with Crippen molar-refractivity contribution in [3.8, 4) is 5.75 Å². The summed E-state index contributed by atoms with van der Waals surface area (Å²) in [4.78, 5) is 7.23. The number of guanidine groups is 1. The molecule has 6 nitrogen and oxygen atoms in total. The summed E-state index contributed by atoms with van der Waals surface area (Å²) in [6.07, 6.45) is 3.21. The Morgan fingerprint density at radius 3 is 2.62 bits per heavy atom. The second kappa shape index (κ2) is 16.1. The van der Waals surface area contributed by atoms with E-state index in [4.69, 9.17) is 14.5 Å². The van der Waals surface area contributed by atoms with Crippen molar-refractivity contribution in [2.75, 3.05) is 46.5 Å². The van der Waals surface area contributed by atoms with Crippen LogP contribution in [-0.4, -0.2) is 63.4 Å². The fraction of sp³-hybridized carbons (Fsp3) is 0.696. The Morgan fingerprint density at radius 1 is 1.14 bits per heavy atom. The molecule has 29 heavy (non-hydrogen) atoms. The van der Waals surface area contributed by atoms with E-state index in [9.17, 15) is 0 Å². The molecule has 1 aromatic carbocycles. The Bertz CT molecular complexity index is 562. The van der Waals surface area contributed by atoms with Crippen LogP contribution in [0.4, 0.5) is 0 Å². The van der Waals surface area contributed by atoms with Gasteiger partial charge in [0.05, 0.1) is 13.2 Å². The Labute approximate surface area is 178 Å². The van der Waals surface area contributed by atoms with Gasteiger partial charge in [-0.15, -0.1) is 0 Å². The van der Waals surface area contributed by atoms with Gasteiger partial charge in [0.25, 0.3) is 0 Å². The average Bonchev–Trinajstić information content (AvgIpc) is 2.73. The third kappa shape index (κ3) is 11.7. The smallest absolute Gasteiger partial charge is 0.191 e. The molecule has 0 aliphatic carbocycles. The van der Waals surface area contributed by atoms with Crippen molar-refractivity contribution in [2.45, 2.75) is 59.5 Å². The molecule has 0 amide bonds. The van der Waals surface area contributed by atoms with Crippen LogP contribution in [0.1, 0.15) is 52.5 Å². The van der Waals surface area contributed by atoms with Gasteiger partial charge in [0, 0.05) is 32.7 Å². The van der Waals surface area contributed by atoms with E-state index >= 15 is 0 Å². The van der Waals surface area contributed by atoms with Crippen molar-refractivity contribution in [3.63, 3.8) is 0 Å². The van der Waals surface area contributed by atoms with Gasteiger partial charge >= 0.3 is 0 Å². The summed E-state index contributed by atoms with van der Waals surface area (Å²) >= 11 is 0. The maximum Gasteiger partial charge on any atom is 0.191 e. The molecule has 1 aromatic rings.